The van der Waals surface area contributed by atoms with Crippen molar-refractivity contribution >= 4 is 40.6 Å². The molecule has 2 rings (SSSR count). The molecule has 1 aromatic carbocycles. The number of pyridine rings is 1. The van der Waals surface area contributed by atoms with Crippen molar-refractivity contribution in [1.82, 2.24) is 4.98 Å². The molecular weight excluding hydrogens is 305 g/mol. The number of aromatic nitrogens is 1. The maximum absolute atomic E-state index is 12.0. The molecule has 0 aliphatic carbocycles. The van der Waals surface area contributed by atoms with Crippen LogP contribution in [0.4, 0.5) is 11.5 Å². The van der Waals surface area contributed by atoms with Crippen LogP contribution >= 0.6 is 23.2 Å². The summed E-state index contributed by atoms with van der Waals surface area (Å²) < 4.78 is 0. The molecule has 0 saturated carbocycles. The smallest absolute Gasteiger partial charge is 0.288 e. The molecule has 0 radical (unpaired) electrons. The molecule has 6 nitrogen and oxygen atoms in total. The highest BCUT2D eigenvalue weighted by Crippen LogP contribution is 2.26. The van der Waals surface area contributed by atoms with E-state index in [1.54, 1.807) is 12.1 Å². The van der Waals surface area contributed by atoms with Gasteiger partial charge in [-0.15, -0.1) is 0 Å². The second-order valence-corrected chi connectivity index (χ2v) is 4.53. The summed E-state index contributed by atoms with van der Waals surface area (Å²) in [6.45, 7) is 0. The summed E-state index contributed by atoms with van der Waals surface area (Å²) >= 11 is 11.5. The van der Waals surface area contributed by atoms with E-state index in [1.165, 1.54) is 18.3 Å². The van der Waals surface area contributed by atoms with Crippen LogP contribution in [0.2, 0.25) is 10.0 Å². The van der Waals surface area contributed by atoms with E-state index >= 15 is 0 Å². The normalized spacial score (nSPS) is 10.1. The van der Waals surface area contributed by atoms with Gasteiger partial charge in [-0.1, -0.05) is 23.2 Å². The number of rotatable bonds is 3. The van der Waals surface area contributed by atoms with Gasteiger partial charge in [0.25, 0.3) is 11.6 Å². The minimum atomic E-state index is -0.660. The summed E-state index contributed by atoms with van der Waals surface area (Å²) in [7, 11) is 0. The molecule has 0 aliphatic heterocycles. The molecule has 2 aromatic rings. The molecule has 1 N–H and O–H groups in total. The molecule has 1 heterocycles. The van der Waals surface area contributed by atoms with Gasteiger partial charge in [-0.05, 0) is 24.3 Å². The third kappa shape index (κ3) is 3.04. The van der Waals surface area contributed by atoms with Crippen LogP contribution in [-0.2, 0) is 0 Å². The zero-order chi connectivity index (χ0) is 14.7. The van der Waals surface area contributed by atoms with Gasteiger partial charge in [-0.25, -0.2) is 4.98 Å². The number of nitro benzene ring substituents is 1. The van der Waals surface area contributed by atoms with Crippen LogP contribution in [0.3, 0.4) is 0 Å². The van der Waals surface area contributed by atoms with E-state index in [1.807, 2.05) is 0 Å². The molecule has 0 fully saturated rings. The summed E-state index contributed by atoms with van der Waals surface area (Å²) in [6, 6.07) is 6.93. The van der Waals surface area contributed by atoms with E-state index in [0.29, 0.717) is 0 Å². The first-order chi connectivity index (χ1) is 9.49. The van der Waals surface area contributed by atoms with Crippen LogP contribution in [0.1, 0.15) is 10.4 Å². The number of hydrogen-bond donors (Lipinski definition) is 1. The van der Waals surface area contributed by atoms with E-state index in [9.17, 15) is 14.9 Å². The lowest BCUT2D eigenvalue weighted by molar-refractivity contribution is -0.384. The first-order valence-corrected chi connectivity index (χ1v) is 6.10. The minimum Gasteiger partial charge on any atom is -0.305 e. The zero-order valence-corrected chi connectivity index (χ0v) is 11.4. The number of nitro groups is 1. The number of carbonyl (C=O) groups is 1. The molecule has 1 amide bonds. The fourth-order valence-electron chi connectivity index (χ4n) is 1.45. The van der Waals surface area contributed by atoms with Gasteiger partial charge >= 0.3 is 0 Å². The van der Waals surface area contributed by atoms with Crippen LogP contribution < -0.4 is 5.32 Å². The SMILES string of the molecule is O=C(Nc1ncccc1Cl)c1ccc(Cl)c([N+](=O)[O-])c1. The molecule has 102 valence electrons. The highest BCUT2D eigenvalue weighted by atomic mass is 35.5. The predicted molar refractivity (Wildman–Crippen MR) is 75.3 cm³/mol. The third-order valence-corrected chi connectivity index (χ3v) is 3.02. The Morgan fingerprint density at radius 3 is 2.65 bits per heavy atom. The Morgan fingerprint density at radius 2 is 2.00 bits per heavy atom. The molecule has 0 spiro atoms. The number of carbonyl (C=O) groups excluding carboxylic acids is 1. The van der Waals surface area contributed by atoms with Crippen molar-refractivity contribution in [1.29, 1.82) is 0 Å². The van der Waals surface area contributed by atoms with Crippen molar-refractivity contribution in [3.05, 3.63) is 62.3 Å². The van der Waals surface area contributed by atoms with Gasteiger partial charge in [0.15, 0.2) is 5.82 Å². The van der Waals surface area contributed by atoms with Crippen molar-refractivity contribution in [2.75, 3.05) is 5.32 Å². The monoisotopic (exact) mass is 311 g/mol. The lowest BCUT2D eigenvalue weighted by Crippen LogP contribution is -2.13. The Labute approximate surface area is 123 Å². The molecule has 0 bridgehead atoms. The highest BCUT2D eigenvalue weighted by Gasteiger charge is 2.17. The first-order valence-electron chi connectivity index (χ1n) is 5.35. The second-order valence-electron chi connectivity index (χ2n) is 3.71. The topological polar surface area (TPSA) is 85.1 Å². The van der Waals surface area contributed by atoms with Gasteiger partial charge in [-0.2, -0.15) is 0 Å². The van der Waals surface area contributed by atoms with Crippen molar-refractivity contribution in [3.8, 4) is 0 Å². The number of amides is 1. The Hall–Kier alpha value is -2.18. The Kier molecular flexibility index (Phi) is 4.16. The molecular formula is C12H7Cl2N3O3. The molecule has 8 heteroatoms. The number of nitrogens with one attached hydrogen (secondary N) is 1. The maximum Gasteiger partial charge on any atom is 0.288 e. The lowest BCUT2D eigenvalue weighted by Gasteiger charge is -2.06. The zero-order valence-electron chi connectivity index (χ0n) is 9.84. The van der Waals surface area contributed by atoms with Crippen LogP contribution in [-0.4, -0.2) is 15.8 Å². The van der Waals surface area contributed by atoms with E-state index in [2.05, 4.69) is 10.3 Å². The van der Waals surface area contributed by atoms with Crippen molar-refractivity contribution < 1.29 is 9.72 Å². The van der Waals surface area contributed by atoms with Gasteiger partial charge in [0.2, 0.25) is 0 Å². The average Bonchev–Trinajstić information content (AvgIpc) is 2.41. The third-order valence-electron chi connectivity index (χ3n) is 2.40. The number of benzene rings is 1. The van der Waals surface area contributed by atoms with Crippen LogP contribution in [0, 0.1) is 10.1 Å². The molecule has 0 atom stereocenters. The molecule has 20 heavy (non-hydrogen) atoms. The first kappa shape index (κ1) is 14.2. The van der Waals surface area contributed by atoms with Gasteiger partial charge in [0, 0.05) is 17.8 Å². The van der Waals surface area contributed by atoms with Crippen LogP contribution in [0.15, 0.2) is 36.5 Å². The number of hydrogen-bond acceptors (Lipinski definition) is 4. The quantitative estimate of drug-likeness (QED) is 0.693. The molecule has 0 unspecified atom stereocenters. The van der Waals surface area contributed by atoms with Gasteiger partial charge < -0.3 is 5.32 Å². The second kappa shape index (κ2) is 5.85. The molecule has 0 aliphatic rings. The number of halogens is 2. The van der Waals surface area contributed by atoms with Gasteiger partial charge in [0.05, 0.1) is 9.95 Å². The fourth-order valence-corrected chi connectivity index (χ4v) is 1.81. The van der Waals surface area contributed by atoms with Crippen molar-refractivity contribution in [2.45, 2.75) is 0 Å². The van der Waals surface area contributed by atoms with Crippen LogP contribution in [0.25, 0.3) is 0 Å². The maximum atomic E-state index is 12.0. The van der Waals surface area contributed by atoms with E-state index in [0.717, 1.165) is 6.07 Å². The molecule has 1 aromatic heterocycles. The summed E-state index contributed by atoms with van der Waals surface area (Å²) in [5.74, 6) is -0.387. The Morgan fingerprint density at radius 1 is 1.25 bits per heavy atom. The van der Waals surface area contributed by atoms with Gasteiger partial charge in [-0.3, -0.25) is 14.9 Å². The van der Waals surface area contributed by atoms with Crippen LogP contribution in [0.5, 0.6) is 0 Å². The average molecular weight is 312 g/mol. The summed E-state index contributed by atoms with van der Waals surface area (Å²) in [6.07, 6.45) is 1.46. The number of anilines is 1. The Balaban J connectivity index is 2.28. The summed E-state index contributed by atoms with van der Waals surface area (Å²) in [5, 5.41) is 13.5. The number of nitrogens with zero attached hydrogens (tertiary/aromatic N) is 2. The van der Waals surface area contributed by atoms with E-state index < -0.39 is 10.8 Å². The summed E-state index contributed by atoms with van der Waals surface area (Å²) in [5.41, 5.74) is -0.255. The minimum absolute atomic E-state index is 0.0394. The lowest BCUT2D eigenvalue weighted by atomic mass is 10.2. The highest BCUT2D eigenvalue weighted by molar-refractivity contribution is 6.34. The summed E-state index contributed by atoms with van der Waals surface area (Å²) in [4.78, 5) is 26.0. The van der Waals surface area contributed by atoms with E-state index in [-0.39, 0.29) is 27.1 Å². The largest absolute Gasteiger partial charge is 0.305 e. The fraction of sp³-hybridized carbons (Fsp3) is 0. The Bertz CT molecular complexity index is 691. The van der Waals surface area contributed by atoms with Crippen molar-refractivity contribution in [3.63, 3.8) is 0 Å². The van der Waals surface area contributed by atoms with Crippen molar-refractivity contribution in [2.24, 2.45) is 0 Å². The van der Waals surface area contributed by atoms with Gasteiger partial charge in [0.1, 0.15) is 5.02 Å². The standard InChI is InChI=1S/C12H7Cl2N3O3/c13-8-4-3-7(6-10(8)17(19)20)12(18)16-11-9(14)2-1-5-15-11/h1-6H,(H,15,16,18). The molecule has 0 saturated heterocycles. The predicted octanol–water partition coefficient (Wildman–Crippen LogP) is 3.55. The van der Waals surface area contributed by atoms with E-state index in [4.69, 9.17) is 23.2 Å².